The molecule has 2 atom stereocenters. The highest BCUT2D eigenvalue weighted by molar-refractivity contribution is 5.82. The highest BCUT2D eigenvalue weighted by atomic mass is 16.4. The number of hydrogen-bond acceptors (Lipinski definition) is 4. The van der Waals surface area contributed by atoms with Gasteiger partial charge in [0.05, 0.1) is 5.60 Å². The lowest BCUT2D eigenvalue weighted by Crippen LogP contribution is -2.47. The number of aliphatic hydroxyl groups is 2. The molecule has 0 fully saturated rings. The molecule has 0 radical (unpaired) electrons. The first-order valence-electron chi connectivity index (χ1n) is 3.54. The van der Waals surface area contributed by atoms with Crippen LogP contribution in [0.5, 0.6) is 0 Å². The fourth-order valence-corrected chi connectivity index (χ4v) is 0.966. The molecule has 0 aromatic carbocycles. The minimum Gasteiger partial charge on any atom is -0.481 e. The lowest BCUT2D eigenvalue weighted by Gasteiger charge is -2.27. The van der Waals surface area contributed by atoms with Gasteiger partial charge in [-0.15, -0.1) is 0 Å². The average molecular weight is 192 g/mol. The van der Waals surface area contributed by atoms with Crippen molar-refractivity contribution >= 4 is 11.9 Å². The first kappa shape index (κ1) is 11.9. The van der Waals surface area contributed by atoms with E-state index in [1.54, 1.807) is 0 Å². The molecule has 0 aromatic heterocycles. The monoisotopic (exact) mass is 192 g/mol. The van der Waals surface area contributed by atoms with E-state index in [1.807, 2.05) is 0 Å². The Labute approximate surface area is 74.4 Å². The maximum absolute atomic E-state index is 10.5. The van der Waals surface area contributed by atoms with Gasteiger partial charge in [-0.2, -0.15) is 0 Å². The van der Waals surface area contributed by atoms with E-state index in [4.69, 9.17) is 15.3 Å². The van der Waals surface area contributed by atoms with E-state index in [9.17, 15) is 14.7 Å². The van der Waals surface area contributed by atoms with E-state index in [2.05, 4.69) is 0 Å². The summed E-state index contributed by atoms with van der Waals surface area (Å²) in [4.78, 5) is 20.8. The van der Waals surface area contributed by atoms with Crippen LogP contribution < -0.4 is 0 Å². The summed E-state index contributed by atoms with van der Waals surface area (Å²) in [5.41, 5.74) is -1.79. The van der Waals surface area contributed by atoms with Gasteiger partial charge in [-0.3, -0.25) is 4.79 Å². The van der Waals surface area contributed by atoms with Gasteiger partial charge >= 0.3 is 11.9 Å². The van der Waals surface area contributed by atoms with Gasteiger partial charge in [0, 0.05) is 0 Å². The van der Waals surface area contributed by atoms with Crippen molar-refractivity contribution in [2.75, 3.05) is 0 Å². The minimum absolute atomic E-state index is 1.12. The van der Waals surface area contributed by atoms with Gasteiger partial charge in [-0.25, -0.2) is 4.79 Å². The quantitative estimate of drug-likeness (QED) is 0.449. The molecule has 0 spiro atoms. The maximum atomic E-state index is 10.5. The summed E-state index contributed by atoms with van der Waals surface area (Å²) in [7, 11) is 0. The van der Waals surface area contributed by atoms with Crippen LogP contribution in [0.1, 0.15) is 13.8 Å². The molecule has 0 saturated carbocycles. The van der Waals surface area contributed by atoms with Crippen molar-refractivity contribution in [3.63, 3.8) is 0 Å². The molecule has 0 saturated heterocycles. The third-order valence-electron chi connectivity index (χ3n) is 1.60. The minimum atomic E-state index is -2.11. The Hall–Kier alpha value is -1.14. The molecule has 2 unspecified atom stereocenters. The van der Waals surface area contributed by atoms with Crippen LogP contribution in [0.15, 0.2) is 0 Å². The second-order valence-corrected chi connectivity index (χ2v) is 3.25. The molecule has 0 heterocycles. The molecule has 76 valence electrons. The maximum Gasteiger partial charge on any atom is 0.333 e. The molecule has 0 aromatic rings. The second-order valence-electron chi connectivity index (χ2n) is 3.25. The normalized spacial score (nSPS) is 16.3. The van der Waals surface area contributed by atoms with Crippen molar-refractivity contribution in [3.8, 4) is 0 Å². The summed E-state index contributed by atoms with van der Waals surface area (Å²) >= 11 is 0. The molecule has 0 aliphatic carbocycles. The molecule has 0 bridgehead atoms. The molecule has 0 rings (SSSR count). The molecule has 4 N–H and O–H groups in total. The van der Waals surface area contributed by atoms with Gasteiger partial charge in [-0.05, 0) is 13.8 Å². The highest BCUT2D eigenvalue weighted by Crippen LogP contribution is 2.20. The summed E-state index contributed by atoms with van der Waals surface area (Å²) in [6.45, 7) is 2.25. The molecule has 0 aliphatic rings. The average Bonchev–Trinajstić information content (AvgIpc) is 1.82. The zero-order chi connectivity index (χ0) is 10.8. The third-order valence-corrected chi connectivity index (χ3v) is 1.60. The number of rotatable bonds is 4. The summed E-state index contributed by atoms with van der Waals surface area (Å²) in [6.07, 6.45) is -2.11. The fourth-order valence-electron chi connectivity index (χ4n) is 0.966. The Morgan fingerprint density at radius 3 is 1.62 bits per heavy atom. The van der Waals surface area contributed by atoms with E-state index in [0.717, 1.165) is 13.8 Å². The van der Waals surface area contributed by atoms with Crippen molar-refractivity contribution in [2.24, 2.45) is 5.92 Å². The fraction of sp³-hybridized carbons (Fsp3) is 0.714. The SMILES string of the molecule is CC(C)(O)C(C(=O)O)C(O)C(=O)O. The van der Waals surface area contributed by atoms with Gasteiger partial charge in [0.1, 0.15) is 5.92 Å². The summed E-state index contributed by atoms with van der Waals surface area (Å²) in [5.74, 6) is -4.97. The molecular formula is C7H12O6. The summed E-state index contributed by atoms with van der Waals surface area (Å²) < 4.78 is 0. The molecule has 0 aliphatic heterocycles. The Morgan fingerprint density at radius 2 is 1.54 bits per heavy atom. The number of aliphatic carboxylic acids is 2. The van der Waals surface area contributed by atoms with Crippen LogP contribution in [0, 0.1) is 5.92 Å². The Balaban J connectivity index is 4.83. The van der Waals surface area contributed by atoms with Crippen molar-refractivity contribution in [1.82, 2.24) is 0 Å². The van der Waals surface area contributed by atoms with E-state index >= 15 is 0 Å². The Bertz CT molecular complexity index is 216. The predicted octanol–water partition coefficient (Wildman–Crippen LogP) is -1.10. The van der Waals surface area contributed by atoms with Gasteiger partial charge in [0.15, 0.2) is 6.10 Å². The Kier molecular flexibility index (Phi) is 3.39. The van der Waals surface area contributed by atoms with Crippen molar-refractivity contribution in [2.45, 2.75) is 25.6 Å². The van der Waals surface area contributed by atoms with Crippen LogP contribution >= 0.6 is 0 Å². The van der Waals surface area contributed by atoms with Gasteiger partial charge in [0.25, 0.3) is 0 Å². The smallest absolute Gasteiger partial charge is 0.333 e. The van der Waals surface area contributed by atoms with Crippen LogP contribution in [-0.2, 0) is 9.59 Å². The Morgan fingerprint density at radius 1 is 1.15 bits per heavy atom. The highest BCUT2D eigenvalue weighted by Gasteiger charge is 2.42. The van der Waals surface area contributed by atoms with Gasteiger partial charge in [0.2, 0.25) is 0 Å². The number of aliphatic hydroxyl groups excluding tert-OH is 1. The molecule has 6 heteroatoms. The molecule has 6 nitrogen and oxygen atoms in total. The van der Waals surface area contributed by atoms with Gasteiger partial charge < -0.3 is 20.4 Å². The van der Waals surface area contributed by atoms with Gasteiger partial charge in [-0.1, -0.05) is 0 Å². The van der Waals surface area contributed by atoms with Crippen molar-refractivity contribution in [1.29, 1.82) is 0 Å². The largest absolute Gasteiger partial charge is 0.481 e. The lowest BCUT2D eigenvalue weighted by molar-refractivity contribution is -0.170. The van der Waals surface area contributed by atoms with Crippen molar-refractivity contribution in [3.05, 3.63) is 0 Å². The first-order chi connectivity index (χ1) is 5.68. The van der Waals surface area contributed by atoms with Crippen LogP contribution in [-0.4, -0.2) is 44.1 Å². The molecular weight excluding hydrogens is 180 g/mol. The zero-order valence-corrected chi connectivity index (χ0v) is 7.26. The van der Waals surface area contributed by atoms with Crippen LogP contribution in [0.25, 0.3) is 0 Å². The number of carboxylic acid groups (broad SMARTS) is 2. The van der Waals surface area contributed by atoms with E-state index < -0.39 is 29.6 Å². The predicted molar refractivity (Wildman–Crippen MR) is 41.1 cm³/mol. The zero-order valence-electron chi connectivity index (χ0n) is 7.26. The first-order valence-corrected chi connectivity index (χ1v) is 3.54. The molecule has 13 heavy (non-hydrogen) atoms. The second kappa shape index (κ2) is 3.71. The summed E-state index contributed by atoms with van der Waals surface area (Å²) in [5, 5.41) is 35.1. The number of carbonyl (C=O) groups is 2. The van der Waals surface area contributed by atoms with E-state index in [1.165, 1.54) is 0 Å². The summed E-state index contributed by atoms with van der Waals surface area (Å²) in [6, 6.07) is 0. The van der Waals surface area contributed by atoms with Crippen LogP contribution in [0.3, 0.4) is 0 Å². The van der Waals surface area contributed by atoms with E-state index in [0.29, 0.717) is 0 Å². The molecule has 0 amide bonds. The number of carboxylic acids is 2. The standard InChI is InChI=1S/C7H12O6/c1-7(2,13)3(5(9)10)4(8)6(11)12/h3-4,8,13H,1-2H3,(H,9,10)(H,11,12). The topological polar surface area (TPSA) is 115 Å². The lowest BCUT2D eigenvalue weighted by atomic mass is 9.86. The third kappa shape index (κ3) is 3.00. The van der Waals surface area contributed by atoms with E-state index in [-0.39, 0.29) is 0 Å². The van der Waals surface area contributed by atoms with Crippen LogP contribution in [0.2, 0.25) is 0 Å². The van der Waals surface area contributed by atoms with Crippen LogP contribution in [0.4, 0.5) is 0 Å². The van der Waals surface area contributed by atoms with Crippen molar-refractivity contribution < 1.29 is 30.0 Å². The number of hydrogen-bond donors (Lipinski definition) is 4.